The summed E-state index contributed by atoms with van der Waals surface area (Å²) in [5, 5.41) is 9.35. The van der Waals surface area contributed by atoms with E-state index in [1.165, 1.54) is 7.11 Å². The molecule has 0 aliphatic carbocycles. The number of ether oxygens (including phenoxy) is 1. The maximum Gasteiger partial charge on any atom is 0.305 e. The number of hydrogen-bond acceptors (Lipinski definition) is 3. The zero-order valence-corrected chi connectivity index (χ0v) is 10.8. The molecule has 4 nitrogen and oxygen atoms in total. The summed E-state index contributed by atoms with van der Waals surface area (Å²) in [6.07, 6.45) is -0.156. The molecule has 1 aromatic rings. The number of rotatable bonds is 4. The monoisotopic (exact) mass is 257 g/mol. The molecule has 0 aliphatic rings. The molecule has 0 aromatic heterocycles. The molecule has 0 spiro atoms. The van der Waals surface area contributed by atoms with Gasteiger partial charge < -0.3 is 15.6 Å². The van der Waals surface area contributed by atoms with Gasteiger partial charge in [-0.25, -0.2) is 0 Å². The molecule has 0 amide bonds. The minimum absolute atomic E-state index is 0.156. The van der Waals surface area contributed by atoms with E-state index in [0.29, 0.717) is 16.3 Å². The lowest BCUT2D eigenvalue weighted by molar-refractivity contribution is -0.137. The summed E-state index contributed by atoms with van der Waals surface area (Å²) in [6, 6.07) is 1.16. The van der Waals surface area contributed by atoms with Crippen LogP contribution < -0.4 is 10.5 Å². The van der Waals surface area contributed by atoms with Gasteiger partial charge in [-0.2, -0.15) is 0 Å². The topological polar surface area (TPSA) is 72.5 Å². The van der Waals surface area contributed by atoms with E-state index in [-0.39, 0.29) is 6.42 Å². The molecule has 1 rings (SSSR count). The maximum atomic E-state index is 10.7. The highest BCUT2D eigenvalue weighted by Crippen LogP contribution is 2.36. The lowest BCUT2D eigenvalue weighted by Crippen LogP contribution is -2.17. The summed E-state index contributed by atoms with van der Waals surface area (Å²) in [7, 11) is 1.53. The van der Waals surface area contributed by atoms with Crippen LogP contribution in [0.5, 0.6) is 5.75 Å². The number of hydrogen-bond donors (Lipinski definition) is 2. The summed E-state index contributed by atoms with van der Waals surface area (Å²) in [5.74, 6) is -0.336. The van der Waals surface area contributed by atoms with Crippen LogP contribution in [-0.4, -0.2) is 18.2 Å². The summed E-state index contributed by atoms with van der Waals surface area (Å²) >= 11 is 6.07. The van der Waals surface area contributed by atoms with Gasteiger partial charge in [-0.15, -0.1) is 0 Å². The van der Waals surface area contributed by atoms with Crippen LogP contribution >= 0.6 is 11.6 Å². The number of benzene rings is 1. The first-order valence-electron chi connectivity index (χ1n) is 5.19. The predicted molar refractivity (Wildman–Crippen MR) is 66.7 cm³/mol. The second-order valence-corrected chi connectivity index (χ2v) is 4.36. The number of nitrogens with two attached hydrogens (primary N) is 1. The first kappa shape index (κ1) is 13.8. The Balaban J connectivity index is 3.33. The summed E-state index contributed by atoms with van der Waals surface area (Å²) in [6.45, 7) is 3.66. The number of aryl methyl sites for hydroxylation is 1. The van der Waals surface area contributed by atoms with Crippen LogP contribution in [0.4, 0.5) is 0 Å². The van der Waals surface area contributed by atoms with Crippen LogP contribution in [0.25, 0.3) is 0 Å². The first-order chi connectivity index (χ1) is 7.88. The molecular formula is C12H16ClNO3. The van der Waals surface area contributed by atoms with Crippen LogP contribution in [0.15, 0.2) is 6.07 Å². The van der Waals surface area contributed by atoms with Crippen molar-refractivity contribution in [1.82, 2.24) is 0 Å². The van der Waals surface area contributed by atoms with Crippen molar-refractivity contribution >= 4 is 17.6 Å². The molecule has 0 bridgehead atoms. The Morgan fingerprint density at radius 3 is 2.65 bits per heavy atom. The van der Waals surface area contributed by atoms with Crippen molar-refractivity contribution < 1.29 is 14.6 Å². The van der Waals surface area contributed by atoms with Crippen LogP contribution in [0.2, 0.25) is 5.02 Å². The molecule has 0 heterocycles. The number of aliphatic carboxylic acids is 1. The van der Waals surface area contributed by atoms with Crippen molar-refractivity contribution in [3.05, 3.63) is 27.8 Å². The average Bonchev–Trinajstić information content (AvgIpc) is 2.21. The Morgan fingerprint density at radius 2 is 2.18 bits per heavy atom. The van der Waals surface area contributed by atoms with E-state index in [0.717, 1.165) is 11.1 Å². The molecule has 5 heteroatoms. The van der Waals surface area contributed by atoms with E-state index in [2.05, 4.69) is 0 Å². The molecular weight excluding hydrogens is 242 g/mol. The van der Waals surface area contributed by atoms with E-state index >= 15 is 0 Å². The smallest absolute Gasteiger partial charge is 0.305 e. The molecule has 94 valence electrons. The third kappa shape index (κ3) is 2.90. The van der Waals surface area contributed by atoms with E-state index in [9.17, 15) is 4.79 Å². The van der Waals surface area contributed by atoms with Crippen LogP contribution in [0, 0.1) is 13.8 Å². The lowest BCUT2D eigenvalue weighted by Gasteiger charge is -2.19. The van der Waals surface area contributed by atoms with Crippen molar-refractivity contribution in [3.63, 3.8) is 0 Å². The average molecular weight is 258 g/mol. The van der Waals surface area contributed by atoms with Gasteiger partial charge in [-0.05, 0) is 31.0 Å². The van der Waals surface area contributed by atoms with Gasteiger partial charge in [0, 0.05) is 16.6 Å². The van der Waals surface area contributed by atoms with Gasteiger partial charge in [0.05, 0.1) is 13.5 Å². The molecule has 0 saturated carbocycles. The minimum atomic E-state index is -0.948. The Labute approximate surface area is 105 Å². The largest absolute Gasteiger partial charge is 0.496 e. The van der Waals surface area contributed by atoms with Gasteiger partial charge >= 0.3 is 5.97 Å². The molecule has 17 heavy (non-hydrogen) atoms. The molecule has 0 aliphatic heterocycles. The van der Waals surface area contributed by atoms with Crippen molar-refractivity contribution in [1.29, 1.82) is 0 Å². The van der Waals surface area contributed by atoms with Crippen molar-refractivity contribution in [2.24, 2.45) is 5.73 Å². The van der Waals surface area contributed by atoms with Crippen molar-refractivity contribution in [2.45, 2.75) is 26.3 Å². The summed E-state index contributed by atoms with van der Waals surface area (Å²) < 4.78 is 5.28. The van der Waals surface area contributed by atoms with Crippen LogP contribution in [0.3, 0.4) is 0 Å². The second kappa shape index (κ2) is 5.38. The van der Waals surface area contributed by atoms with E-state index in [1.807, 2.05) is 6.92 Å². The number of methoxy groups -OCH3 is 1. The molecule has 3 N–H and O–H groups in total. The Morgan fingerprint density at radius 1 is 1.59 bits per heavy atom. The normalized spacial score (nSPS) is 12.3. The number of carbonyl (C=O) groups is 1. The lowest BCUT2D eigenvalue weighted by atomic mass is 9.95. The highest BCUT2D eigenvalue weighted by atomic mass is 35.5. The number of carboxylic acids is 1. The van der Waals surface area contributed by atoms with Gasteiger partial charge in [-0.3, -0.25) is 4.79 Å². The number of carboxylic acid groups (broad SMARTS) is 1. The highest BCUT2D eigenvalue weighted by molar-refractivity contribution is 6.31. The molecule has 0 radical (unpaired) electrons. The second-order valence-electron chi connectivity index (χ2n) is 3.95. The van der Waals surface area contributed by atoms with E-state index in [4.69, 9.17) is 27.2 Å². The first-order valence-corrected chi connectivity index (χ1v) is 5.57. The highest BCUT2D eigenvalue weighted by Gasteiger charge is 2.21. The minimum Gasteiger partial charge on any atom is -0.496 e. The molecule has 0 saturated heterocycles. The fourth-order valence-electron chi connectivity index (χ4n) is 1.88. The summed E-state index contributed by atoms with van der Waals surface area (Å²) in [4.78, 5) is 10.7. The van der Waals surface area contributed by atoms with Crippen LogP contribution in [0.1, 0.15) is 29.2 Å². The van der Waals surface area contributed by atoms with Gasteiger partial charge in [0.2, 0.25) is 0 Å². The number of halogens is 1. The third-order valence-corrected chi connectivity index (χ3v) is 3.07. The molecule has 0 fully saturated rings. The third-order valence-electron chi connectivity index (χ3n) is 2.68. The van der Waals surface area contributed by atoms with Gasteiger partial charge in [0.15, 0.2) is 0 Å². The fourth-order valence-corrected chi connectivity index (χ4v) is 2.15. The molecule has 1 atom stereocenters. The Bertz CT molecular complexity index is 446. The standard InChI is InChI=1S/C12H16ClNO3/c1-6-4-8(13)7(2)11(12(6)17-3)9(14)5-10(15)16/h4,9H,5,14H2,1-3H3,(H,15,16). The van der Waals surface area contributed by atoms with Crippen LogP contribution in [-0.2, 0) is 4.79 Å². The van der Waals surface area contributed by atoms with E-state index < -0.39 is 12.0 Å². The summed E-state index contributed by atoms with van der Waals surface area (Å²) in [5.41, 5.74) is 8.17. The Hall–Kier alpha value is -1.26. The maximum absolute atomic E-state index is 10.7. The molecule has 1 aromatic carbocycles. The Kier molecular flexibility index (Phi) is 4.37. The predicted octanol–water partition coefficient (Wildman–Crippen LogP) is 2.44. The van der Waals surface area contributed by atoms with Crippen molar-refractivity contribution in [3.8, 4) is 5.75 Å². The zero-order chi connectivity index (χ0) is 13.2. The van der Waals surface area contributed by atoms with Gasteiger partial charge in [0.1, 0.15) is 5.75 Å². The van der Waals surface area contributed by atoms with E-state index in [1.54, 1.807) is 13.0 Å². The quantitative estimate of drug-likeness (QED) is 0.869. The zero-order valence-electron chi connectivity index (χ0n) is 10.1. The van der Waals surface area contributed by atoms with Gasteiger partial charge in [0.25, 0.3) is 0 Å². The van der Waals surface area contributed by atoms with Crippen molar-refractivity contribution in [2.75, 3.05) is 7.11 Å². The van der Waals surface area contributed by atoms with Gasteiger partial charge in [-0.1, -0.05) is 11.6 Å². The molecule has 1 unspecified atom stereocenters. The SMILES string of the molecule is COc1c(C)cc(Cl)c(C)c1C(N)CC(=O)O. The fraction of sp³-hybridized carbons (Fsp3) is 0.417.